The van der Waals surface area contributed by atoms with Crippen LogP contribution >= 0.6 is 0 Å². The molecule has 0 aromatic heterocycles. The molecular weight excluding hydrogens is 348 g/mol. The lowest BCUT2D eigenvalue weighted by Gasteiger charge is -2.14. The molecule has 8 heteroatoms. The molecule has 1 aliphatic heterocycles. The van der Waals surface area contributed by atoms with Crippen LogP contribution in [0.1, 0.15) is 29.5 Å². The number of rotatable bonds is 7. The van der Waals surface area contributed by atoms with Gasteiger partial charge in [0.25, 0.3) is 0 Å². The summed E-state index contributed by atoms with van der Waals surface area (Å²) in [4.78, 5) is 49.8. The molecule has 146 valence electrons. The predicted molar refractivity (Wildman–Crippen MR) is 101 cm³/mol. The summed E-state index contributed by atoms with van der Waals surface area (Å²) in [6.45, 7) is 5.98. The van der Waals surface area contributed by atoms with Gasteiger partial charge in [-0.25, -0.2) is 4.79 Å². The molecule has 1 saturated heterocycles. The van der Waals surface area contributed by atoms with E-state index in [2.05, 4.69) is 10.6 Å². The van der Waals surface area contributed by atoms with Gasteiger partial charge in [-0.1, -0.05) is 17.7 Å². The van der Waals surface area contributed by atoms with Gasteiger partial charge in [-0.05, 0) is 38.3 Å². The van der Waals surface area contributed by atoms with Gasteiger partial charge >= 0.3 is 6.03 Å². The third-order valence-electron chi connectivity index (χ3n) is 4.40. The quantitative estimate of drug-likeness (QED) is 0.704. The van der Waals surface area contributed by atoms with Crippen LogP contribution in [0.25, 0.3) is 0 Å². The Morgan fingerprint density at radius 1 is 1.07 bits per heavy atom. The van der Waals surface area contributed by atoms with E-state index >= 15 is 0 Å². The fraction of sp³-hybridized carbons (Fsp3) is 0.474. The predicted octanol–water partition coefficient (Wildman–Crippen LogP) is 1.34. The van der Waals surface area contributed by atoms with Crippen molar-refractivity contribution in [2.24, 2.45) is 0 Å². The Kier molecular flexibility index (Phi) is 6.55. The van der Waals surface area contributed by atoms with E-state index in [1.807, 2.05) is 32.9 Å². The van der Waals surface area contributed by atoms with E-state index in [9.17, 15) is 19.2 Å². The molecule has 0 aliphatic carbocycles. The SMILES string of the molecule is Cc1cc(C)c(NC(=O)CNC(=O)CCCN2C(=O)CN(C)C2=O)c(C)c1. The van der Waals surface area contributed by atoms with Gasteiger partial charge < -0.3 is 15.5 Å². The number of carbonyl (C=O) groups excluding carboxylic acids is 4. The third kappa shape index (κ3) is 5.29. The largest absolute Gasteiger partial charge is 0.347 e. The molecule has 1 fully saturated rings. The van der Waals surface area contributed by atoms with E-state index in [-0.39, 0.29) is 49.8 Å². The van der Waals surface area contributed by atoms with Crippen molar-refractivity contribution in [3.05, 3.63) is 28.8 Å². The number of nitrogens with zero attached hydrogens (tertiary/aromatic N) is 2. The number of nitrogens with one attached hydrogen (secondary N) is 2. The summed E-state index contributed by atoms with van der Waals surface area (Å²) in [5.74, 6) is -0.856. The zero-order valence-electron chi connectivity index (χ0n) is 16.2. The summed E-state index contributed by atoms with van der Waals surface area (Å²) in [7, 11) is 1.56. The molecule has 0 bridgehead atoms. The normalized spacial score (nSPS) is 13.9. The highest BCUT2D eigenvalue weighted by molar-refractivity contribution is 6.01. The van der Waals surface area contributed by atoms with Crippen molar-refractivity contribution in [1.29, 1.82) is 0 Å². The maximum Gasteiger partial charge on any atom is 0.326 e. The molecule has 2 N–H and O–H groups in total. The molecular formula is C19H26N4O4. The minimum atomic E-state index is -0.344. The number of anilines is 1. The number of urea groups is 1. The third-order valence-corrected chi connectivity index (χ3v) is 4.40. The van der Waals surface area contributed by atoms with E-state index < -0.39 is 0 Å². The Bertz CT molecular complexity index is 752. The number of likely N-dealkylation sites (N-methyl/N-ethyl adjacent to an activating group) is 1. The van der Waals surface area contributed by atoms with Gasteiger partial charge in [0.05, 0.1) is 6.54 Å². The molecule has 0 atom stereocenters. The minimum absolute atomic E-state index is 0.0725. The van der Waals surface area contributed by atoms with Gasteiger partial charge in [-0.15, -0.1) is 0 Å². The first-order valence-corrected chi connectivity index (χ1v) is 8.89. The summed E-state index contributed by atoms with van der Waals surface area (Å²) in [5.41, 5.74) is 3.82. The van der Waals surface area contributed by atoms with E-state index in [0.29, 0.717) is 6.42 Å². The summed E-state index contributed by atoms with van der Waals surface area (Å²) >= 11 is 0. The zero-order chi connectivity index (χ0) is 20.1. The number of carbonyl (C=O) groups is 4. The van der Waals surface area contributed by atoms with Crippen molar-refractivity contribution in [2.45, 2.75) is 33.6 Å². The summed E-state index contributed by atoms with van der Waals surface area (Å²) < 4.78 is 0. The molecule has 0 radical (unpaired) electrons. The van der Waals surface area contributed by atoms with E-state index in [4.69, 9.17) is 0 Å². The Morgan fingerprint density at radius 2 is 1.70 bits per heavy atom. The molecule has 1 aromatic rings. The summed E-state index contributed by atoms with van der Waals surface area (Å²) in [5, 5.41) is 5.38. The van der Waals surface area contributed by atoms with Crippen molar-refractivity contribution in [2.75, 3.05) is 32.0 Å². The fourth-order valence-corrected chi connectivity index (χ4v) is 3.11. The average Bonchev–Trinajstić information content (AvgIpc) is 2.82. The first-order chi connectivity index (χ1) is 12.7. The van der Waals surface area contributed by atoms with Crippen molar-refractivity contribution < 1.29 is 19.2 Å². The topological polar surface area (TPSA) is 98.8 Å². The lowest BCUT2D eigenvalue weighted by Crippen LogP contribution is -2.35. The van der Waals surface area contributed by atoms with Crippen LogP contribution < -0.4 is 10.6 Å². The van der Waals surface area contributed by atoms with Crippen LogP contribution in [0.2, 0.25) is 0 Å². The molecule has 5 amide bonds. The average molecular weight is 374 g/mol. The molecule has 1 aliphatic rings. The molecule has 0 unspecified atom stereocenters. The number of amides is 5. The maximum absolute atomic E-state index is 12.1. The van der Waals surface area contributed by atoms with Crippen molar-refractivity contribution in [3.8, 4) is 0 Å². The molecule has 8 nitrogen and oxygen atoms in total. The van der Waals surface area contributed by atoms with Crippen LogP contribution in [0.15, 0.2) is 12.1 Å². The smallest absolute Gasteiger partial charge is 0.326 e. The number of benzene rings is 1. The van der Waals surface area contributed by atoms with E-state index in [0.717, 1.165) is 27.3 Å². The van der Waals surface area contributed by atoms with Gasteiger partial charge in [0.1, 0.15) is 6.54 Å². The minimum Gasteiger partial charge on any atom is -0.347 e. The summed E-state index contributed by atoms with van der Waals surface area (Å²) in [6.07, 6.45) is 0.492. The molecule has 0 saturated carbocycles. The van der Waals surface area contributed by atoms with E-state index in [1.165, 1.54) is 4.90 Å². The van der Waals surface area contributed by atoms with Crippen molar-refractivity contribution >= 4 is 29.4 Å². The van der Waals surface area contributed by atoms with Gasteiger partial charge in [-0.2, -0.15) is 0 Å². The van der Waals surface area contributed by atoms with Crippen LogP contribution in [0.4, 0.5) is 10.5 Å². The molecule has 2 rings (SSSR count). The van der Waals surface area contributed by atoms with Crippen molar-refractivity contribution in [1.82, 2.24) is 15.1 Å². The van der Waals surface area contributed by atoms with Crippen LogP contribution in [0.5, 0.6) is 0 Å². The molecule has 27 heavy (non-hydrogen) atoms. The van der Waals surface area contributed by atoms with Crippen LogP contribution in [-0.2, 0) is 14.4 Å². The second kappa shape index (κ2) is 8.66. The summed E-state index contributed by atoms with van der Waals surface area (Å²) in [6, 6.07) is 3.63. The van der Waals surface area contributed by atoms with Crippen LogP contribution in [-0.4, -0.2) is 60.2 Å². The zero-order valence-corrected chi connectivity index (χ0v) is 16.2. The monoisotopic (exact) mass is 374 g/mol. The number of aryl methyl sites for hydroxylation is 3. The standard InChI is InChI=1S/C19H26N4O4/c1-12-8-13(2)18(14(3)9-12)21-16(25)10-20-15(24)6-5-7-23-17(26)11-22(4)19(23)27/h8-9H,5-7,10-11H2,1-4H3,(H,20,24)(H,21,25). The highest BCUT2D eigenvalue weighted by Crippen LogP contribution is 2.21. The Balaban J connectivity index is 1.73. The fourth-order valence-electron chi connectivity index (χ4n) is 3.11. The second-order valence-electron chi connectivity index (χ2n) is 6.89. The first kappa shape index (κ1) is 20.4. The molecule has 0 spiro atoms. The number of hydrogen-bond donors (Lipinski definition) is 2. The molecule has 1 heterocycles. The van der Waals surface area contributed by atoms with Crippen molar-refractivity contribution in [3.63, 3.8) is 0 Å². The van der Waals surface area contributed by atoms with Gasteiger partial charge in [0, 0.05) is 25.7 Å². The van der Waals surface area contributed by atoms with Crippen LogP contribution in [0, 0.1) is 20.8 Å². The highest BCUT2D eigenvalue weighted by Gasteiger charge is 2.32. The van der Waals surface area contributed by atoms with Gasteiger partial charge in [-0.3, -0.25) is 19.3 Å². The Labute approximate surface area is 158 Å². The van der Waals surface area contributed by atoms with Gasteiger partial charge in [0.15, 0.2) is 0 Å². The Morgan fingerprint density at radius 3 is 2.26 bits per heavy atom. The highest BCUT2D eigenvalue weighted by atomic mass is 16.2. The maximum atomic E-state index is 12.1. The lowest BCUT2D eigenvalue weighted by molar-refractivity contribution is -0.126. The first-order valence-electron chi connectivity index (χ1n) is 8.89. The van der Waals surface area contributed by atoms with E-state index in [1.54, 1.807) is 7.05 Å². The number of imide groups is 1. The number of hydrogen-bond acceptors (Lipinski definition) is 4. The molecule has 1 aromatic carbocycles. The second-order valence-corrected chi connectivity index (χ2v) is 6.89. The van der Waals surface area contributed by atoms with Crippen LogP contribution in [0.3, 0.4) is 0 Å². The Hall–Kier alpha value is -2.90. The lowest BCUT2D eigenvalue weighted by atomic mass is 10.1. The van der Waals surface area contributed by atoms with Gasteiger partial charge in [0.2, 0.25) is 17.7 Å².